The molecule has 3 aromatic carbocycles. The summed E-state index contributed by atoms with van der Waals surface area (Å²) in [5.74, 6) is -1.23. The molecule has 0 radical (unpaired) electrons. The minimum absolute atomic E-state index is 0.0252. The van der Waals surface area contributed by atoms with Crippen molar-refractivity contribution in [3.8, 4) is 11.1 Å². The molecule has 0 aromatic heterocycles. The van der Waals surface area contributed by atoms with Gasteiger partial charge >= 0.3 is 0 Å². The molecule has 0 fully saturated rings. The molecule has 0 aliphatic heterocycles. The van der Waals surface area contributed by atoms with Crippen LogP contribution in [0, 0.1) is 18.6 Å². The van der Waals surface area contributed by atoms with E-state index >= 15 is 0 Å². The van der Waals surface area contributed by atoms with E-state index in [9.17, 15) is 8.78 Å². The van der Waals surface area contributed by atoms with Gasteiger partial charge in [-0.25, -0.2) is 8.78 Å². The van der Waals surface area contributed by atoms with Crippen molar-refractivity contribution in [3.05, 3.63) is 102 Å². The zero-order chi connectivity index (χ0) is 19.9. The number of hydrogen-bond donors (Lipinski definition) is 0. The molecule has 3 aromatic rings. The first kappa shape index (κ1) is 19.7. The van der Waals surface area contributed by atoms with Crippen LogP contribution in [0.2, 0.25) is 0 Å². The van der Waals surface area contributed by atoms with Gasteiger partial charge in [0.1, 0.15) is 11.6 Å². The van der Waals surface area contributed by atoms with E-state index in [0.29, 0.717) is 5.56 Å². The van der Waals surface area contributed by atoms with Crippen molar-refractivity contribution in [2.24, 2.45) is 4.99 Å². The lowest BCUT2D eigenvalue weighted by Gasteiger charge is -2.07. The Balaban J connectivity index is 1.75. The minimum Gasteiger partial charge on any atom is -0.256 e. The van der Waals surface area contributed by atoms with Crippen LogP contribution in [0.4, 0.5) is 14.5 Å². The van der Waals surface area contributed by atoms with Gasteiger partial charge in [0.05, 0.1) is 11.3 Å². The zero-order valence-corrected chi connectivity index (χ0v) is 16.0. The maximum Gasteiger partial charge on any atom is 0.136 e. The van der Waals surface area contributed by atoms with Gasteiger partial charge < -0.3 is 0 Å². The van der Waals surface area contributed by atoms with E-state index in [0.717, 1.165) is 30.4 Å². The van der Waals surface area contributed by atoms with Crippen molar-refractivity contribution in [1.82, 2.24) is 0 Å². The van der Waals surface area contributed by atoms with Gasteiger partial charge in [0.15, 0.2) is 0 Å². The molecule has 0 aliphatic carbocycles. The van der Waals surface area contributed by atoms with Crippen LogP contribution in [-0.4, -0.2) is 6.21 Å². The highest BCUT2D eigenvalue weighted by molar-refractivity contribution is 5.82. The predicted octanol–water partition coefficient (Wildman–Crippen LogP) is 7.20. The first-order chi connectivity index (χ1) is 13.6. The summed E-state index contributed by atoms with van der Waals surface area (Å²) in [6, 6.07) is 17.6. The third-order valence-corrected chi connectivity index (χ3v) is 4.58. The number of aliphatic imine (C=N–C) groups is 1. The molecule has 0 unspecified atom stereocenters. The van der Waals surface area contributed by atoms with Gasteiger partial charge in [0, 0.05) is 18.3 Å². The summed E-state index contributed by atoms with van der Waals surface area (Å²) in [6.45, 7) is 5.66. The molecular formula is C25H23F2N. The van der Waals surface area contributed by atoms with Crippen LogP contribution in [0.25, 0.3) is 11.1 Å². The second kappa shape index (κ2) is 9.23. The Morgan fingerprint density at radius 3 is 2.18 bits per heavy atom. The zero-order valence-electron chi connectivity index (χ0n) is 16.0. The topological polar surface area (TPSA) is 12.4 Å². The fourth-order valence-corrected chi connectivity index (χ4v) is 3.00. The molecule has 0 saturated carbocycles. The molecule has 0 saturated heterocycles. The Bertz CT molecular complexity index is 947. The summed E-state index contributed by atoms with van der Waals surface area (Å²) in [6.07, 6.45) is 6.61. The van der Waals surface area contributed by atoms with Gasteiger partial charge in [-0.15, -0.1) is 6.58 Å². The first-order valence-corrected chi connectivity index (χ1v) is 9.37. The van der Waals surface area contributed by atoms with Crippen molar-refractivity contribution in [2.75, 3.05) is 0 Å². The van der Waals surface area contributed by atoms with E-state index in [1.165, 1.54) is 17.7 Å². The maximum atomic E-state index is 14.5. The Morgan fingerprint density at radius 1 is 0.929 bits per heavy atom. The van der Waals surface area contributed by atoms with Crippen LogP contribution >= 0.6 is 0 Å². The molecule has 0 aliphatic rings. The third-order valence-electron chi connectivity index (χ3n) is 4.58. The van der Waals surface area contributed by atoms with Crippen molar-refractivity contribution >= 4 is 11.9 Å². The van der Waals surface area contributed by atoms with Gasteiger partial charge in [0.25, 0.3) is 0 Å². The van der Waals surface area contributed by atoms with Crippen molar-refractivity contribution in [2.45, 2.75) is 26.2 Å². The molecule has 3 heteroatoms. The van der Waals surface area contributed by atoms with E-state index in [2.05, 4.69) is 11.6 Å². The summed E-state index contributed by atoms with van der Waals surface area (Å²) in [7, 11) is 0. The molecule has 0 spiro atoms. The fourth-order valence-electron chi connectivity index (χ4n) is 3.00. The highest BCUT2D eigenvalue weighted by Crippen LogP contribution is 2.30. The van der Waals surface area contributed by atoms with E-state index in [1.807, 2.05) is 49.4 Å². The fraction of sp³-hybridized carbons (Fsp3) is 0.160. The molecule has 0 heterocycles. The summed E-state index contributed by atoms with van der Waals surface area (Å²) in [5, 5.41) is 0. The standard InChI is InChI=1S/C25H23F2N/c1-3-4-5-6-19-9-11-20(12-10-19)17-28-22-15-23(26)25(24(27)16-22)21-13-7-18(2)8-14-21/h3,7-17H,1,4-6H2,2H3. The Kier molecular flexibility index (Phi) is 6.49. The number of aryl methyl sites for hydroxylation is 2. The van der Waals surface area contributed by atoms with Gasteiger partial charge in [0.2, 0.25) is 0 Å². The van der Waals surface area contributed by atoms with E-state index in [1.54, 1.807) is 18.3 Å². The second-order valence-electron chi connectivity index (χ2n) is 6.83. The van der Waals surface area contributed by atoms with Gasteiger partial charge in [-0.3, -0.25) is 4.99 Å². The lowest BCUT2D eigenvalue weighted by molar-refractivity contribution is 0.590. The number of rotatable bonds is 7. The lowest BCUT2D eigenvalue weighted by Crippen LogP contribution is -1.91. The van der Waals surface area contributed by atoms with Crippen molar-refractivity contribution in [1.29, 1.82) is 0 Å². The van der Waals surface area contributed by atoms with Gasteiger partial charge in [-0.2, -0.15) is 0 Å². The molecule has 0 bridgehead atoms. The minimum atomic E-state index is -0.617. The smallest absolute Gasteiger partial charge is 0.136 e. The molecular weight excluding hydrogens is 352 g/mol. The van der Waals surface area contributed by atoms with E-state index in [4.69, 9.17) is 0 Å². The van der Waals surface area contributed by atoms with Crippen LogP contribution in [0.1, 0.15) is 29.5 Å². The van der Waals surface area contributed by atoms with Crippen LogP contribution in [-0.2, 0) is 6.42 Å². The van der Waals surface area contributed by atoms with Crippen molar-refractivity contribution < 1.29 is 8.78 Å². The Morgan fingerprint density at radius 2 is 1.57 bits per heavy atom. The number of benzene rings is 3. The first-order valence-electron chi connectivity index (χ1n) is 9.37. The molecule has 142 valence electrons. The predicted molar refractivity (Wildman–Crippen MR) is 113 cm³/mol. The Labute approximate surface area is 165 Å². The highest BCUT2D eigenvalue weighted by Gasteiger charge is 2.13. The summed E-state index contributed by atoms with van der Waals surface area (Å²) >= 11 is 0. The van der Waals surface area contributed by atoms with Crippen LogP contribution < -0.4 is 0 Å². The molecule has 0 amide bonds. The molecule has 1 nitrogen and oxygen atoms in total. The summed E-state index contributed by atoms with van der Waals surface area (Å²) < 4.78 is 29.0. The number of allylic oxidation sites excluding steroid dienone is 1. The molecule has 28 heavy (non-hydrogen) atoms. The van der Waals surface area contributed by atoms with E-state index < -0.39 is 11.6 Å². The maximum absolute atomic E-state index is 14.5. The lowest BCUT2D eigenvalue weighted by atomic mass is 10.0. The van der Waals surface area contributed by atoms with Gasteiger partial charge in [-0.05, 0) is 42.9 Å². The Hall–Kier alpha value is -3.07. The highest BCUT2D eigenvalue weighted by atomic mass is 19.1. The molecule has 0 atom stereocenters. The number of halogens is 2. The number of hydrogen-bond acceptors (Lipinski definition) is 1. The molecule has 0 N–H and O–H groups in total. The normalized spacial score (nSPS) is 11.1. The summed E-state index contributed by atoms with van der Waals surface area (Å²) in [5.41, 5.74) is 3.92. The van der Waals surface area contributed by atoms with Crippen molar-refractivity contribution in [3.63, 3.8) is 0 Å². The van der Waals surface area contributed by atoms with Crippen LogP contribution in [0.15, 0.2) is 78.3 Å². The number of unbranched alkanes of at least 4 members (excludes halogenated alkanes) is 1. The monoisotopic (exact) mass is 375 g/mol. The quantitative estimate of drug-likeness (QED) is 0.235. The van der Waals surface area contributed by atoms with E-state index in [-0.39, 0.29) is 11.3 Å². The summed E-state index contributed by atoms with van der Waals surface area (Å²) in [4.78, 5) is 4.23. The second-order valence-corrected chi connectivity index (χ2v) is 6.83. The largest absolute Gasteiger partial charge is 0.256 e. The molecule has 3 rings (SSSR count). The average Bonchev–Trinajstić information content (AvgIpc) is 2.68. The average molecular weight is 375 g/mol. The SMILES string of the molecule is C=CCCCc1ccc(C=Nc2cc(F)c(-c3ccc(C)cc3)c(F)c2)cc1. The van der Waals surface area contributed by atoms with Crippen LogP contribution in [0.5, 0.6) is 0 Å². The van der Waals surface area contributed by atoms with Crippen LogP contribution in [0.3, 0.4) is 0 Å². The van der Waals surface area contributed by atoms with Gasteiger partial charge in [-0.1, -0.05) is 60.2 Å². The third kappa shape index (κ3) is 5.01. The number of nitrogens with zero attached hydrogens (tertiary/aromatic N) is 1.